The van der Waals surface area contributed by atoms with E-state index in [-0.39, 0.29) is 17.4 Å². The Morgan fingerprint density at radius 1 is 1.04 bits per heavy atom. The van der Waals surface area contributed by atoms with Crippen LogP contribution in [0.4, 0.5) is 18.9 Å². The van der Waals surface area contributed by atoms with Crippen molar-refractivity contribution in [2.24, 2.45) is 0 Å². The molecule has 0 radical (unpaired) electrons. The predicted molar refractivity (Wildman–Crippen MR) is 93.2 cm³/mol. The molecular formula is C19H16F3N3O2. The Kier molecular flexibility index (Phi) is 4.15. The molecule has 2 aromatic rings. The maximum atomic E-state index is 13.0. The number of rotatable bonds is 1. The number of fused-ring (bicyclic) bond motifs is 2. The number of nitrogens with zero attached hydrogens (tertiary/aromatic N) is 1. The fourth-order valence-electron chi connectivity index (χ4n) is 3.44. The molecule has 5 nitrogen and oxygen atoms in total. The standard InChI is InChI=1S/C19H16F3N3O2/c20-19(21,22)13-3-1-2-11(8-13)12-4-5-15-14(9-12)18(27)25-7-6-23-10-16(25)17(26)24-15/h1-5,8-9,16,23H,6-7,10H2,(H,24,26)/t16-/m0/s1. The number of hydrogen-bond acceptors (Lipinski definition) is 3. The summed E-state index contributed by atoms with van der Waals surface area (Å²) in [6.07, 6.45) is -4.44. The summed E-state index contributed by atoms with van der Waals surface area (Å²) in [7, 11) is 0. The lowest BCUT2D eigenvalue weighted by atomic mass is 9.99. The third kappa shape index (κ3) is 3.16. The molecule has 1 fully saturated rings. The highest BCUT2D eigenvalue weighted by Gasteiger charge is 2.37. The summed E-state index contributed by atoms with van der Waals surface area (Å²) in [5.41, 5.74) is 0.735. The van der Waals surface area contributed by atoms with Gasteiger partial charge in [-0.15, -0.1) is 0 Å². The molecular weight excluding hydrogens is 359 g/mol. The number of nitrogens with one attached hydrogen (secondary N) is 2. The molecule has 0 aliphatic carbocycles. The summed E-state index contributed by atoms with van der Waals surface area (Å²) >= 11 is 0. The molecule has 1 atom stereocenters. The molecule has 4 rings (SSSR count). The van der Waals surface area contributed by atoms with E-state index >= 15 is 0 Å². The van der Waals surface area contributed by atoms with E-state index in [2.05, 4.69) is 10.6 Å². The van der Waals surface area contributed by atoms with E-state index in [1.165, 1.54) is 17.0 Å². The Balaban J connectivity index is 1.76. The van der Waals surface area contributed by atoms with E-state index in [1.807, 2.05) is 0 Å². The average Bonchev–Trinajstić information content (AvgIpc) is 2.76. The summed E-state index contributed by atoms with van der Waals surface area (Å²) in [4.78, 5) is 26.9. The fraction of sp³-hybridized carbons (Fsp3) is 0.263. The van der Waals surface area contributed by atoms with E-state index in [0.29, 0.717) is 36.4 Å². The number of hydrogen-bond donors (Lipinski definition) is 2. The molecule has 0 bridgehead atoms. The van der Waals surface area contributed by atoms with Crippen LogP contribution in [0.15, 0.2) is 42.5 Å². The molecule has 0 aromatic heterocycles. The molecule has 8 heteroatoms. The molecule has 2 amide bonds. The van der Waals surface area contributed by atoms with Crippen molar-refractivity contribution >= 4 is 17.5 Å². The summed E-state index contributed by atoms with van der Waals surface area (Å²) in [5.74, 6) is -0.579. The number of carbonyl (C=O) groups excluding carboxylic acids is 2. The number of anilines is 1. The summed E-state index contributed by atoms with van der Waals surface area (Å²) in [6, 6.07) is 9.05. The molecule has 2 aliphatic heterocycles. The zero-order chi connectivity index (χ0) is 19.2. The molecule has 0 spiro atoms. The number of amides is 2. The maximum Gasteiger partial charge on any atom is 0.416 e. The van der Waals surface area contributed by atoms with Gasteiger partial charge < -0.3 is 15.5 Å². The van der Waals surface area contributed by atoms with E-state index < -0.39 is 17.8 Å². The molecule has 0 saturated carbocycles. The van der Waals surface area contributed by atoms with Gasteiger partial charge in [-0.2, -0.15) is 13.2 Å². The van der Waals surface area contributed by atoms with Crippen LogP contribution in [-0.2, 0) is 11.0 Å². The normalized spacial score (nSPS) is 19.8. The second kappa shape index (κ2) is 6.38. The van der Waals surface area contributed by atoms with Gasteiger partial charge in [0.2, 0.25) is 5.91 Å². The van der Waals surface area contributed by atoms with Gasteiger partial charge in [0, 0.05) is 19.6 Å². The van der Waals surface area contributed by atoms with Crippen LogP contribution >= 0.6 is 0 Å². The van der Waals surface area contributed by atoms with Crippen molar-refractivity contribution in [1.82, 2.24) is 10.2 Å². The second-order valence-electron chi connectivity index (χ2n) is 6.55. The Hall–Kier alpha value is -2.87. The van der Waals surface area contributed by atoms with Gasteiger partial charge in [-0.05, 0) is 35.4 Å². The van der Waals surface area contributed by atoms with Crippen LogP contribution in [0.25, 0.3) is 11.1 Å². The van der Waals surface area contributed by atoms with Gasteiger partial charge >= 0.3 is 6.18 Å². The fourth-order valence-corrected chi connectivity index (χ4v) is 3.44. The van der Waals surface area contributed by atoms with E-state index in [9.17, 15) is 22.8 Å². The van der Waals surface area contributed by atoms with Crippen LogP contribution in [0.3, 0.4) is 0 Å². The highest BCUT2D eigenvalue weighted by atomic mass is 19.4. The smallest absolute Gasteiger partial charge is 0.324 e. The van der Waals surface area contributed by atoms with Crippen molar-refractivity contribution in [3.8, 4) is 11.1 Å². The SMILES string of the molecule is O=C1Nc2ccc(-c3cccc(C(F)(F)F)c3)cc2C(=O)N2CCNC[C@@H]12. The molecule has 2 aliphatic rings. The van der Waals surface area contributed by atoms with Crippen molar-refractivity contribution in [3.05, 3.63) is 53.6 Å². The molecule has 27 heavy (non-hydrogen) atoms. The van der Waals surface area contributed by atoms with Crippen LogP contribution in [0.5, 0.6) is 0 Å². The quantitative estimate of drug-likeness (QED) is 0.806. The van der Waals surface area contributed by atoms with Crippen molar-refractivity contribution in [3.63, 3.8) is 0 Å². The molecule has 2 N–H and O–H groups in total. The first-order chi connectivity index (χ1) is 12.8. The van der Waals surface area contributed by atoms with Crippen LogP contribution in [0, 0.1) is 0 Å². The first-order valence-corrected chi connectivity index (χ1v) is 8.49. The minimum absolute atomic E-state index is 0.277. The predicted octanol–water partition coefficient (Wildman–Crippen LogP) is 2.74. The lowest BCUT2D eigenvalue weighted by Gasteiger charge is -2.33. The van der Waals surface area contributed by atoms with Crippen molar-refractivity contribution < 1.29 is 22.8 Å². The first-order valence-electron chi connectivity index (χ1n) is 8.49. The van der Waals surface area contributed by atoms with Gasteiger partial charge in [-0.25, -0.2) is 0 Å². The number of alkyl halides is 3. The topological polar surface area (TPSA) is 61.4 Å². The van der Waals surface area contributed by atoms with Crippen LogP contribution in [0.2, 0.25) is 0 Å². The maximum absolute atomic E-state index is 13.0. The van der Waals surface area contributed by atoms with E-state index in [1.54, 1.807) is 18.2 Å². The molecule has 2 heterocycles. The number of halogens is 3. The lowest BCUT2D eigenvalue weighted by molar-refractivity contribution is -0.137. The Bertz CT molecular complexity index is 927. The van der Waals surface area contributed by atoms with Crippen LogP contribution < -0.4 is 10.6 Å². The van der Waals surface area contributed by atoms with Gasteiger partial charge in [0.15, 0.2) is 0 Å². The molecule has 140 valence electrons. The van der Waals surface area contributed by atoms with Gasteiger partial charge in [0.25, 0.3) is 5.91 Å². The van der Waals surface area contributed by atoms with Crippen molar-refractivity contribution in [2.45, 2.75) is 12.2 Å². The third-order valence-corrected chi connectivity index (χ3v) is 4.84. The average molecular weight is 375 g/mol. The minimum Gasteiger partial charge on any atom is -0.324 e. The molecule has 1 saturated heterocycles. The summed E-state index contributed by atoms with van der Waals surface area (Å²) < 4.78 is 39.0. The van der Waals surface area contributed by atoms with Gasteiger partial charge in [-0.1, -0.05) is 18.2 Å². The van der Waals surface area contributed by atoms with Gasteiger partial charge in [-0.3, -0.25) is 9.59 Å². The lowest BCUT2D eigenvalue weighted by Crippen LogP contribution is -2.57. The zero-order valence-electron chi connectivity index (χ0n) is 14.1. The molecule has 0 unspecified atom stereocenters. The Labute approximate surface area is 153 Å². The number of benzene rings is 2. The second-order valence-corrected chi connectivity index (χ2v) is 6.55. The van der Waals surface area contributed by atoms with Gasteiger partial charge in [0.1, 0.15) is 6.04 Å². The van der Waals surface area contributed by atoms with E-state index in [0.717, 1.165) is 12.1 Å². The zero-order valence-corrected chi connectivity index (χ0v) is 14.1. The van der Waals surface area contributed by atoms with E-state index in [4.69, 9.17) is 0 Å². The summed E-state index contributed by atoms with van der Waals surface area (Å²) in [6.45, 7) is 1.34. The molecule has 2 aromatic carbocycles. The number of piperazine rings is 1. The van der Waals surface area contributed by atoms with Crippen molar-refractivity contribution in [2.75, 3.05) is 25.0 Å². The highest BCUT2D eigenvalue weighted by Crippen LogP contribution is 2.34. The van der Waals surface area contributed by atoms with Gasteiger partial charge in [0.05, 0.1) is 16.8 Å². The van der Waals surface area contributed by atoms with Crippen LogP contribution in [0.1, 0.15) is 15.9 Å². The Morgan fingerprint density at radius 3 is 2.59 bits per heavy atom. The monoisotopic (exact) mass is 375 g/mol. The minimum atomic E-state index is -4.44. The Morgan fingerprint density at radius 2 is 1.81 bits per heavy atom. The highest BCUT2D eigenvalue weighted by molar-refractivity contribution is 6.10. The first kappa shape index (κ1) is 17.5. The third-order valence-electron chi connectivity index (χ3n) is 4.84. The number of carbonyl (C=O) groups is 2. The van der Waals surface area contributed by atoms with Crippen molar-refractivity contribution in [1.29, 1.82) is 0 Å². The summed E-state index contributed by atoms with van der Waals surface area (Å²) in [5, 5.41) is 5.83. The largest absolute Gasteiger partial charge is 0.416 e. The van der Waals surface area contributed by atoms with Crippen LogP contribution in [-0.4, -0.2) is 42.4 Å².